The largest absolute Gasteiger partial charge is 0.480 e. The van der Waals surface area contributed by atoms with Crippen molar-refractivity contribution in [3.8, 4) is 0 Å². The maximum atomic E-state index is 13.0. The van der Waals surface area contributed by atoms with Gasteiger partial charge in [0.1, 0.15) is 18.1 Å². The van der Waals surface area contributed by atoms with E-state index in [4.69, 9.17) is 17.2 Å². The molecule has 2 fully saturated rings. The predicted molar refractivity (Wildman–Crippen MR) is 119 cm³/mol. The maximum Gasteiger partial charge on any atom is 0.326 e. The van der Waals surface area contributed by atoms with Crippen molar-refractivity contribution < 1.29 is 29.4 Å². The van der Waals surface area contributed by atoms with E-state index in [0.29, 0.717) is 51.6 Å². The smallest absolute Gasteiger partial charge is 0.326 e. The summed E-state index contributed by atoms with van der Waals surface area (Å²) in [6, 6.07) is -3.97. The fraction of sp³-hybridized carbons (Fsp3) is 0.750. The summed E-state index contributed by atoms with van der Waals surface area (Å²) in [6.45, 7) is 2.26. The van der Waals surface area contributed by atoms with E-state index in [2.05, 4.69) is 10.3 Å². The number of nitrogens with zero attached hydrogens (tertiary/aromatic N) is 3. The SMILES string of the molecule is CC(O)C(NC(=O)C1CCCN1C(=O)C(N)CCCN=C(N)N)C(=O)N1CCCC1C(=O)O. The first-order valence-corrected chi connectivity index (χ1v) is 11.2. The molecular weight excluding hydrogens is 434 g/mol. The van der Waals surface area contributed by atoms with Gasteiger partial charge < -0.3 is 42.5 Å². The summed E-state index contributed by atoms with van der Waals surface area (Å²) in [5.41, 5.74) is 16.5. The van der Waals surface area contributed by atoms with Crippen molar-refractivity contribution in [1.29, 1.82) is 0 Å². The van der Waals surface area contributed by atoms with Gasteiger partial charge in [0.25, 0.3) is 0 Å². The van der Waals surface area contributed by atoms with Crippen molar-refractivity contribution in [3.05, 3.63) is 0 Å². The van der Waals surface area contributed by atoms with Crippen LogP contribution >= 0.6 is 0 Å². The van der Waals surface area contributed by atoms with Crippen molar-refractivity contribution in [2.75, 3.05) is 19.6 Å². The van der Waals surface area contributed by atoms with Crippen molar-refractivity contribution >= 4 is 29.7 Å². The second-order valence-corrected chi connectivity index (χ2v) is 8.50. The molecule has 0 aromatic carbocycles. The summed E-state index contributed by atoms with van der Waals surface area (Å²) in [5, 5.41) is 22.0. The van der Waals surface area contributed by atoms with E-state index in [1.807, 2.05) is 0 Å². The number of nitrogens with one attached hydrogen (secondary N) is 1. The molecule has 5 unspecified atom stereocenters. The van der Waals surface area contributed by atoms with E-state index in [1.54, 1.807) is 0 Å². The molecule has 5 atom stereocenters. The highest BCUT2D eigenvalue weighted by atomic mass is 16.4. The van der Waals surface area contributed by atoms with E-state index in [0.717, 1.165) is 0 Å². The molecule has 2 heterocycles. The van der Waals surface area contributed by atoms with Gasteiger partial charge in [-0.1, -0.05) is 0 Å². The number of carbonyl (C=O) groups excluding carboxylic acids is 3. The lowest BCUT2D eigenvalue weighted by atomic mass is 10.1. The molecule has 2 aliphatic rings. The molecule has 13 nitrogen and oxygen atoms in total. The second-order valence-electron chi connectivity index (χ2n) is 8.50. The third kappa shape index (κ3) is 6.78. The molecule has 0 saturated carbocycles. The number of aliphatic hydroxyl groups excluding tert-OH is 1. The van der Waals surface area contributed by atoms with E-state index < -0.39 is 48.1 Å². The Kier molecular flexibility index (Phi) is 9.41. The van der Waals surface area contributed by atoms with Gasteiger partial charge in [-0.15, -0.1) is 0 Å². The van der Waals surface area contributed by atoms with Crippen LogP contribution in [0.5, 0.6) is 0 Å². The molecule has 2 rings (SSSR count). The van der Waals surface area contributed by atoms with Crippen LogP contribution in [0.4, 0.5) is 0 Å². The Morgan fingerprint density at radius 2 is 1.64 bits per heavy atom. The monoisotopic (exact) mass is 469 g/mol. The number of carbonyl (C=O) groups is 4. The molecule has 0 aromatic rings. The lowest BCUT2D eigenvalue weighted by molar-refractivity contribution is -0.151. The molecule has 9 N–H and O–H groups in total. The first-order valence-electron chi connectivity index (χ1n) is 11.2. The number of guanidine groups is 1. The molecule has 0 bridgehead atoms. The number of likely N-dealkylation sites (tertiary alicyclic amines) is 2. The number of rotatable bonds is 10. The van der Waals surface area contributed by atoms with Crippen LogP contribution in [0.3, 0.4) is 0 Å². The Morgan fingerprint density at radius 3 is 2.18 bits per heavy atom. The van der Waals surface area contributed by atoms with Gasteiger partial charge in [0.2, 0.25) is 17.7 Å². The molecule has 186 valence electrons. The number of aliphatic carboxylic acids is 1. The zero-order chi connectivity index (χ0) is 24.7. The fourth-order valence-electron chi connectivity index (χ4n) is 4.26. The van der Waals surface area contributed by atoms with Crippen LogP contribution in [0, 0.1) is 0 Å². The van der Waals surface area contributed by atoms with E-state index >= 15 is 0 Å². The van der Waals surface area contributed by atoms with Crippen molar-refractivity contribution in [3.63, 3.8) is 0 Å². The van der Waals surface area contributed by atoms with Gasteiger partial charge in [0, 0.05) is 19.6 Å². The van der Waals surface area contributed by atoms with Gasteiger partial charge in [-0.2, -0.15) is 0 Å². The number of nitrogens with two attached hydrogens (primary N) is 3. The van der Waals surface area contributed by atoms with Crippen LogP contribution in [0.2, 0.25) is 0 Å². The Hall–Kier alpha value is -2.93. The normalized spacial score (nSPS) is 23.0. The molecule has 0 spiro atoms. The highest BCUT2D eigenvalue weighted by molar-refractivity contribution is 5.94. The first kappa shape index (κ1) is 26.3. The maximum absolute atomic E-state index is 13.0. The summed E-state index contributed by atoms with van der Waals surface area (Å²) < 4.78 is 0. The molecule has 2 saturated heterocycles. The van der Waals surface area contributed by atoms with Crippen molar-refractivity contribution in [1.82, 2.24) is 15.1 Å². The summed E-state index contributed by atoms with van der Waals surface area (Å²) in [4.78, 5) is 56.6. The number of carboxylic acid groups (broad SMARTS) is 1. The predicted octanol–water partition coefficient (Wildman–Crippen LogP) is -2.70. The minimum absolute atomic E-state index is 0.0444. The van der Waals surface area contributed by atoms with Crippen LogP contribution < -0.4 is 22.5 Å². The summed E-state index contributed by atoms with van der Waals surface area (Å²) >= 11 is 0. The molecule has 0 aromatic heterocycles. The third-order valence-corrected chi connectivity index (χ3v) is 5.99. The fourth-order valence-corrected chi connectivity index (χ4v) is 4.26. The highest BCUT2D eigenvalue weighted by Gasteiger charge is 2.42. The summed E-state index contributed by atoms with van der Waals surface area (Å²) in [6.07, 6.45) is 1.39. The van der Waals surface area contributed by atoms with E-state index in [1.165, 1.54) is 16.7 Å². The Morgan fingerprint density at radius 1 is 1.06 bits per heavy atom. The molecule has 0 aliphatic carbocycles. The van der Waals surface area contributed by atoms with Gasteiger partial charge >= 0.3 is 5.97 Å². The van der Waals surface area contributed by atoms with Crippen LogP contribution in [0.1, 0.15) is 45.4 Å². The Labute approximate surface area is 192 Å². The molecular formula is C20H35N7O6. The lowest BCUT2D eigenvalue weighted by Crippen LogP contribution is -2.59. The van der Waals surface area contributed by atoms with Crippen LogP contribution in [0.15, 0.2) is 4.99 Å². The average Bonchev–Trinajstić information content (AvgIpc) is 3.43. The molecule has 3 amide bonds. The molecule has 13 heteroatoms. The number of carboxylic acids is 1. The number of amides is 3. The third-order valence-electron chi connectivity index (χ3n) is 5.99. The van der Waals surface area contributed by atoms with Gasteiger partial charge in [-0.3, -0.25) is 19.4 Å². The minimum atomic E-state index is -1.32. The first-order chi connectivity index (χ1) is 15.5. The van der Waals surface area contributed by atoms with Crippen LogP contribution in [-0.2, 0) is 19.2 Å². The van der Waals surface area contributed by atoms with Gasteiger partial charge in [-0.05, 0) is 45.4 Å². The standard InChI is InChI=1S/C20H35N7O6/c1-11(28)15(18(31)27-10-4-7-14(27)19(32)33)25-16(29)13-6-3-9-26(13)17(30)12(21)5-2-8-24-20(22)23/h11-15,28H,2-10,21H2,1H3,(H,25,29)(H,32,33)(H4,22,23,24). The van der Waals surface area contributed by atoms with Crippen molar-refractivity contribution in [2.24, 2.45) is 22.2 Å². The van der Waals surface area contributed by atoms with Gasteiger partial charge in [0.15, 0.2) is 5.96 Å². The van der Waals surface area contributed by atoms with Gasteiger partial charge in [0.05, 0.1) is 12.1 Å². The van der Waals surface area contributed by atoms with E-state index in [9.17, 15) is 29.4 Å². The second kappa shape index (κ2) is 11.8. The summed E-state index contributed by atoms with van der Waals surface area (Å²) in [7, 11) is 0. The lowest BCUT2D eigenvalue weighted by Gasteiger charge is -2.31. The average molecular weight is 470 g/mol. The molecule has 0 radical (unpaired) electrons. The zero-order valence-electron chi connectivity index (χ0n) is 18.9. The number of aliphatic hydroxyl groups is 1. The molecule has 33 heavy (non-hydrogen) atoms. The van der Waals surface area contributed by atoms with Crippen LogP contribution in [0.25, 0.3) is 0 Å². The Bertz CT molecular complexity index is 770. The molecule has 2 aliphatic heterocycles. The van der Waals surface area contributed by atoms with Crippen LogP contribution in [-0.4, -0.2) is 99.6 Å². The Balaban J connectivity index is 2.02. The number of hydrogen-bond donors (Lipinski definition) is 6. The minimum Gasteiger partial charge on any atom is -0.480 e. The quantitative estimate of drug-likeness (QED) is 0.111. The van der Waals surface area contributed by atoms with E-state index in [-0.39, 0.29) is 18.4 Å². The highest BCUT2D eigenvalue weighted by Crippen LogP contribution is 2.22. The van der Waals surface area contributed by atoms with Gasteiger partial charge in [-0.25, -0.2) is 4.79 Å². The number of hydrogen-bond acceptors (Lipinski definition) is 7. The van der Waals surface area contributed by atoms with Crippen molar-refractivity contribution in [2.45, 2.75) is 75.7 Å². The topological polar surface area (TPSA) is 218 Å². The number of aliphatic imine (C=N–C) groups is 1. The summed E-state index contributed by atoms with van der Waals surface area (Å²) in [5.74, 6) is -2.80. The zero-order valence-corrected chi connectivity index (χ0v) is 18.9.